The molecule has 1 saturated carbocycles. The first-order valence-corrected chi connectivity index (χ1v) is 6.23. The van der Waals surface area contributed by atoms with E-state index in [2.05, 4.69) is 5.32 Å². The Balaban J connectivity index is 2.47. The average Bonchev–Trinajstić information content (AvgIpc) is 2.12. The minimum Gasteiger partial charge on any atom is -0.481 e. The molecule has 0 saturated heterocycles. The molecule has 1 aliphatic rings. The highest BCUT2D eigenvalue weighted by atomic mass is 16.6. The summed E-state index contributed by atoms with van der Waals surface area (Å²) in [6, 6.07) is -0.0169. The second kappa shape index (κ2) is 4.78. The second-order valence-electron chi connectivity index (χ2n) is 6.55. The number of alkyl carbamates (subject to hydrolysis) is 1. The quantitative estimate of drug-likeness (QED) is 0.814. The highest BCUT2D eigenvalue weighted by Gasteiger charge is 2.49. The average molecular weight is 257 g/mol. The number of amides is 1. The van der Waals surface area contributed by atoms with Crippen LogP contribution in [-0.2, 0) is 9.53 Å². The third kappa shape index (κ3) is 3.62. The van der Waals surface area contributed by atoms with E-state index in [1.165, 1.54) is 0 Å². The zero-order valence-corrected chi connectivity index (χ0v) is 11.7. The van der Waals surface area contributed by atoms with E-state index < -0.39 is 17.7 Å². The number of carbonyl (C=O) groups is 2. The van der Waals surface area contributed by atoms with Gasteiger partial charge in [0.25, 0.3) is 0 Å². The van der Waals surface area contributed by atoms with Crippen LogP contribution >= 0.6 is 0 Å². The number of rotatable bonds is 3. The minimum absolute atomic E-state index is 0.0169. The molecule has 5 heteroatoms. The number of carboxylic acid groups (broad SMARTS) is 1. The van der Waals surface area contributed by atoms with Crippen molar-refractivity contribution < 1.29 is 19.4 Å². The van der Waals surface area contributed by atoms with Gasteiger partial charge >= 0.3 is 12.1 Å². The van der Waals surface area contributed by atoms with Gasteiger partial charge in [-0.1, -0.05) is 13.8 Å². The molecule has 0 radical (unpaired) electrons. The van der Waals surface area contributed by atoms with Gasteiger partial charge < -0.3 is 15.2 Å². The number of hydrogen-bond donors (Lipinski definition) is 2. The van der Waals surface area contributed by atoms with Gasteiger partial charge in [0.2, 0.25) is 0 Å². The molecule has 2 unspecified atom stereocenters. The molecule has 0 bridgehead atoms. The molecule has 0 aromatic rings. The molecule has 1 rings (SSSR count). The fraction of sp³-hybridized carbons (Fsp3) is 0.846. The summed E-state index contributed by atoms with van der Waals surface area (Å²) >= 11 is 0. The standard InChI is InChI=1S/C13H23NO4/c1-12(2,3)18-11(17)14-9-6-8(7-10(15)16)13(9,4)5/h8-9H,6-7H2,1-5H3,(H,14,17)(H,15,16). The molecule has 0 aromatic carbocycles. The largest absolute Gasteiger partial charge is 0.481 e. The number of ether oxygens (including phenoxy) is 1. The molecule has 1 fully saturated rings. The van der Waals surface area contributed by atoms with Crippen molar-refractivity contribution in [3.63, 3.8) is 0 Å². The molecule has 0 aliphatic heterocycles. The van der Waals surface area contributed by atoms with E-state index in [4.69, 9.17) is 9.84 Å². The first-order chi connectivity index (χ1) is 8.02. The first kappa shape index (κ1) is 14.8. The predicted octanol–water partition coefficient (Wildman–Crippen LogP) is 2.40. The van der Waals surface area contributed by atoms with Gasteiger partial charge in [0, 0.05) is 12.5 Å². The minimum atomic E-state index is -0.788. The van der Waals surface area contributed by atoms with Crippen LogP contribution in [-0.4, -0.2) is 28.8 Å². The van der Waals surface area contributed by atoms with Crippen molar-refractivity contribution in [2.75, 3.05) is 0 Å². The number of carbonyl (C=O) groups excluding carboxylic acids is 1. The van der Waals surface area contributed by atoms with Gasteiger partial charge in [-0.3, -0.25) is 4.79 Å². The van der Waals surface area contributed by atoms with Crippen LogP contribution in [0.5, 0.6) is 0 Å². The van der Waals surface area contributed by atoms with E-state index in [0.29, 0.717) is 6.42 Å². The maximum Gasteiger partial charge on any atom is 0.407 e. The number of nitrogens with one attached hydrogen (secondary N) is 1. The third-order valence-electron chi connectivity index (χ3n) is 3.58. The van der Waals surface area contributed by atoms with Crippen LogP contribution in [0.4, 0.5) is 4.79 Å². The van der Waals surface area contributed by atoms with Crippen molar-refractivity contribution in [1.82, 2.24) is 5.32 Å². The lowest BCUT2D eigenvalue weighted by molar-refractivity contribution is -0.141. The molecule has 1 aliphatic carbocycles. The van der Waals surface area contributed by atoms with Crippen LogP contribution < -0.4 is 5.32 Å². The molecule has 18 heavy (non-hydrogen) atoms. The SMILES string of the molecule is CC(C)(C)OC(=O)NC1CC(CC(=O)O)C1(C)C. The zero-order valence-electron chi connectivity index (χ0n) is 11.7. The smallest absolute Gasteiger partial charge is 0.407 e. The lowest BCUT2D eigenvalue weighted by Gasteiger charge is -2.51. The fourth-order valence-corrected chi connectivity index (χ4v) is 2.27. The Hall–Kier alpha value is -1.26. The fourth-order valence-electron chi connectivity index (χ4n) is 2.27. The van der Waals surface area contributed by atoms with Crippen molar-refractivity contribution in [3.8, 4) is 0 Å². The lowest BCUT2D eigenvalue weighted by Crippen LogP contribution is -2.59. The van der Waals surface area contributed by atoms with E-state index in [-0.39, 0.29) is 23.8 Å². The van der Waals surface area contributed by atoms with Crippen LogP contribution in [0.1, 0.15) is 47.5 Å². The summed E-state index contributed by atoms with van der Waals surface area (Å²) in [7, 11) is 0. The van der Waals surface area contributed by atoms with Gasteiger partial charge in [-0.2, -0.15) is 0 Å². The van der Waals surface area contributed by atoms with Crippen LogP contribution in [0.15, 0.2) is 0 Å². The highest BCUT2D eigenvalue weighted by molar-refractivity contribution is 5.69. The molecular formula is C13H23NO4. The van der Waals surface area contributed by atoms with Crippen LogP contribution in [0, 0.1) is 11.3 Å². The Morgan fingerprint density at radius 3 is 2.33 bits per heavy atom. The Morgan fingerprint density at radius 1 is 1.39 bits per heavy atom. The number of carboxylic acids is 1. The van der Waals surface area contributed by atoms with Gasteiger partial charge in [0.15, 0.2) is 0 Å². The normalized spacial score (nSPS) is 26.1. The second-order valence-corrected chi connectivity index (χ2v) is 6.55. The first-order valence-electron chi connectivity index (χ1n) is 6.23. The van der Waals surface area contributed by atoms with Gasteiger partial charge in [-0.15, -0.1) is 0 Å². The maximum absolute atomic E-state index is 11.6. The Bertz CT molecular complexity index is 343. The highest BCUT2D eigenvalue weighted by Crippen LogP contribution is 2.48. The molecule has 0 aromatic heterocycles. The van der Waals surface area contributed by atoms with Gasteiger partial charge in [0.05, 0.1) is 0 Å². The van der Waals surface area contributed by atoms with Crippen molar-refractivity contribution >= 4 is 12.1 Å². The van der Waals surface area contributed by atoms with Gasteiger partial charge in [0.1, 0.15) is 5.60 Å². The summed E-state index contributed by atoms with van der Waals surface area (Å²) in [4.78, 5) is 22.3. The Kier molecular flexibility index (Phi) is 3.93. The number of aliphatic carboxylic acids is 1. The summed E-state index contributed by atoms with van der Waals surface area (Å²) in [5.41, 5.74) is -0.715. The van der Waals surface area contributed by atoms with Crippen LogP contribution in [0.3, 0.4) is 0 Å². The van der Waals surface area contributed by atoms with E-state index in [0.717, 1.165) is 0 Å². The molecule has 2 N–H and O–H groups in total. The molecule has 1 amide bonds. The van der Waals surface area contributed by atoms with E-state index >= 15 is 0 Å². The van der Waals surface area contributed by atoms with E-state index in [1.54, 1.807) is 0 Å². The summed E-state index contributed by atoms with van der Waals surface area (Å²) in [6.45, 7) is 9.39. The lowest BCUT2D eigenvalue weighted by atomic mass is 9.57. The van der Waals surface area contributed by atoms with E-state index in [1.807, 2.05) is 34.6 Å². The summed E-state index contributed by atoms with van der Waals surface area (Å²) < 4.78 is 5.19. The van der Waals surface area contributed by atoms with Gasteiger partial charge in [-0.25, -0.2) is 4.79 Å². The van der Waals surface area contributed by atoms with Crippen molar-refractivity contribution in [2.24, 2.45) is 11.3 Å². The summed E-state index contributed by atoms with van der Waals surface area (Å²) in [5.74, 6) is -0.682. The monoisotopic (exact) mass is 257 g/mol. The van der Waals surface area contributed by atoms with Crippen molar-refractivity contribution in [3.05, 3.63) is 0 Å². The van der Waals surface area contributed by atoms with Gasteiger partial charge in [-0.05, 0) is 38.5 Å². The predicted molar refractivity (Wildman–Crippen MR) is 67.3 cm³/mol. The van der Waals surface area contributed by atoms with Crippen LogP contribution in [0.2, 0.25) is 0 Å². The molecule has 2 atom stereocenters. The molecule has 104 valence electrons. The molecule has 0 heterocycles. The molecular weight excluding hydrogens is 234 g/mol. The zero-order chi connectivity index (χ0) is 14.1. The summed E-state index contributed by atoms with van der Waals surface area (Å²) in [5, 5.41) is 11.6. The van der Waals surface area contributed by atoms with Crippen molar-refractivity contribution in [1.29, 1.82) is 0 Å². The topological polar surface area (TPSA) is 75.6 Å². The summed E-state index contributed by atoms with van der Waals surface area (Å²) in [6.07, 6.45) is 0.409. The third-order valence-corrected chi connectivity index (χ3v) is 3.58. The molecule has 5 nitrogen and oxygen atoms in total. The molecule has 0 spiro atoms. The number of hydrogen-bond acceptors (Lipinski definition) is 3. The van der Waals surface area contributed by atoms with E-state index in [9.17, 15) is 9.59 Å². The Morgan fingerprint density at radius 2 is 1.94 bits per heavy atom. The van der Waals surface area contributed by atoms with Crippen LogP contribution in [0.25, 0.3) is 0 Å². The van der Waals surface area contributed by atoms with Crippen molar-refractivity contribution in [2.45, 2.75) is 59.1 Å². The maximum atomic E-state index is 11.6. The Labute approximate surface area is 108 Å².